The van der Waals surface area contributed by atoms with E-state index in [2.05, 4.69) is 31.2 Å². The fourth-order valence-electron chi connectivity index (χ4n) is 3.81. The Morgan fingerprint density at radius 1 is 0.679 bits per heavy atom. The van der Waals surface area contributed by atoms with E-state index in [-0.39, 0.29) is 6.61 Å². The number of benzene rings is 1. The van der Waals surface area contributed by atoms with Crippen molar-refractivity contribution >= 4 is 0 Å². The van der Waals surface area contributed by atoms with E-state index in [4.69, 9.17) is 9.84 Å². The standard InChI is InChI=1S/C26H46O2/c1-2-3-4-5-6-7-8-9-10-11-12-13-17-21-26(22-18-23-27)28-24-25-19-15-14-16-20-25/h14-16,19-20,26-27H,2-13,17-18,21-24H2,1H3. The van der Waals surface area contributed by atoms with Gasteiger partial charge < -0.3 is 9.84 Å². The molecule has 0 amide bonds. The molecule has 0 bridgehead atoms. The predicted molar refractivity (Wildman–Crippen MR) is 122 cm³/mol. The lowest BCUT2D eigenvalue weighted by atomic mass is 10.0. The van der Waals surface area contributed by atoms with Gasteiger partial charge in [-0.3, -0.25) is 0 Å². The zero-order valence-electron chi connectivity index (χ0n) is 18.5. The first-order valence-electron chi connectivity index (χ1n) is 12.1. The van der Waals surface area contributed by atoms with Crippen LogP contribution in [-0.4, -0.2) is 17.8 Å². The summed E-state index contributed by atoms with van der Waals surface area (Å²) < 4.78 is 6.13. The molecule has 0 saturated heterocycles. The zero-order chi connectivity index (χ0) is 20.1. The molecule has 1 aromatic carbocycles. The Morgan fingerprint density at radius 2 is 1.18 bits per heavy atom. The average molecular weight is 391 g/mol. The van der Waals surface area contributed by atoms with Crippen LogP contribution in [0.1, 0.15) is 115 Å². The van der Waals surface area contributed by atoms with Crippen LogP contribution >= 0.6 is 0 Å². The van der Waals surface area contributed by atoms with Crippen molar-refractivity contribution in [2.45, 2.75) is 122 Å². The van der Waals surface area contributed by atoms with Crippen molar-refractivity contribution < 1.29 is 9.84 Å². The highest BCUT2D eigenvalue weighted by molar-refractivity contribution is 5.13. The number of rotatable bonds is 20. The summed E-state index contributed by atoms with van der Waals surface area (Å²) in [5.41, 5.74) is 1.24. The van der Waals surface area contributed by atoms with Gasteiger partial charge in [0.25, 0.3) is 0 Å². The van der Waals surface area contributed by atoms with Gasteiger partial charge in [0.2, 0.25) is 0 Å². The van der Waals surface area contributed by atoms with Gasteiger partial charge in [-0.1, -0.05) is 121 Å². The number of unbranched alkanes of at least 4 members (excludes halogenated alkanes) is 12. The molecular weight excluding hydrogens is 344 g/mol. The third-order valence-electron chi connectivity index (χ3n) is 5.64. The topological polar surface area (TPSA) is 29.5 Å². The van der Waals surface area contributed by atoms with E-state index < -0.39 is 0 Å². The Bertz CT molecular complexity index is 418. The minimum atomic E-state index is 0.268. The first-order chi connectivity index (χ1) is 13.9. The highest BCUT2D eigenvalue weighted by Gasteiger charge is 2.09. The van der Waals surface area contributed by atoms with Crippen LogP contribution in [0.5, 0.6) is 0 Å². The summed E-state index contributed by atoms with van der Waals surface area (Å²) >= 11 is 0. The van der Waals surface area contributed by atoms with Gasteiger partial charge in [-0.25, -0.2) is 0 Å². The molecule has 1 unspecified atom stereocenters. The maximum atomic E-state index is 9.13. The molecule has 1 atom stereocenters. The Labute approximate surface area is 175 Å². The molecule has 28 heavy (non-hydrogen) atoms. The number of aliphatic hydroxyl groups is 1. The maximum Gasteiger partial charge on any atom is 0.0720 e. The summed E-state index contributed by atoms with van der Waals surface area (Å²) in [4.78, 5) is 0. The van der Waals surface area contributed by atoms with E-state index in [9.17, 15) is 0 Å². The van der Waals surface area contributed by atoms with Crippen molar-refractivity contribution in [2.75, 3.05) is 6.61 Å². The molecule has 0 radical (unpaired) electrons. The molecule has 1 N–H and O–H groups in total. The van der Waals surface area contributed by atoms with E-state index in [1.165, 1.54) is 89.0 Å². The third-order valence-corrected chi connectivity index (χ3v) is 5.64. The van der Waals surface area contributed by atoms with Crippen LogP contribution in [0.4, 0.5) is 0 Å². The molecular formula is C26H46O2. The molecule has 0 saturated carbocycles. The van der Waals surface area contributed by atoms with Crippen LogP contribution in [0.3, 0.4) is 0 Å². The Balaban J connectivity index is 1.97. The second kappa shape index (κ2) is 19.5. The number of hydrogen-bond acceptors (Lipinski definition) is 2. The molecule has 0 aliphatic carbocycles. The summed E-state index contributed by atoms with van der Waals surface area (Å²) in [5, 5.41) is 9.13. The van der Waals surface area contributed by atoms with Crippen LogP contribution in [-0.2, 0) is 11.3 Å². The average Bonchev–Trinajstić information content (AvgIpc) is 2.73. The van der Waals surface area contributed by atoms with Gasteiger partial charge in [0.1, 0.15) is 0 Å². The molecule has 0 spiro atoms. The Morgan fingerprint density at radius 3 is 1.71 bits per heavy atom. The van der Waals surface area contributed by atoms with Crippen molar-refractivity contribution in [1.29, 1.82) is 0 Å². The van der Waals surface area contributed by atoms with Crippen LogP contribution in [0, 0.1) is 0 Å². The lowest BCUT2D eigenvalue weighted by Gasteiger charge is -2.17. The maximum absolute atomic E-state index is 9.13. The minimum Gasteiger partial charge on any atom is -0.396 e. The highest BCUT2D eigenvalue weighted by atomic mass is 16.5. The Kier molecular flexibility index (Phi) is 17.5. The Hall–Kier alpha value is -0.860. The summed E-state index contributed by atoms with van der Waals surface area (Å²) in [7, 11) is 0. The van der Waals surface area contributed by atoms with Gasteiger partial charge in [0.15, 0.2) is 0 Å². The lowest BCUT2D eigenvalue weighted by Crippen LogP contribution is -2.13. The quantitative estimate of drug-likeness (QED) is 0.230. The van der Waals surface area contributed by atoms with E-state index in [1.807, 2.05) is 6.07 Å². The molecule has 2 nitrogen and oxygen atoms in total. The summed E-state index contributed by atoms with van der Waals surface area (Å²) in [5.74, 6) is 0. The third kappa shape index (κ3) is 15.1. The molecule has 0 heterocycles. The lowest BCUT2D eigenvalue weighted by molar-refractivity contribution is 0.0237. The van der Waals surface area contributed by atoms with E-state index in [0.29, 0.717) is 12.7 Å². The van der Waals surface area contributed by atoms with Gasteiger partial charge in [0, 0.05) is 6.61 Å². The SMILES string of the molecule is CCCCCCCCCCCCCCCC(CCCO)OCc1ccccc1. The second-order valence-electron chi connectivity index (χ2n) is 8.32. The van der Waals surface area contributed by atoms with Crippen molar-refractivity contribution in [3.63, 3.8) is 0 Å². The monoisotopic (exact) mass is 390 g/mol. The second-order valence-corrected chi connectivity index (χ2v) is 8.32. The van der Waals surface area contributed by atoms with Crippen molar-refractivity contribution in [1.82, 2.24) is 0 Å². The number of hydrogen-bond donors (Lipinski definition) is 1. The van der Waals surface area contributed by atoms with Crippen LogP contribution in [0.25, 0.3) is 0 Å². The van der Waals surface area contributed by atoms with E-state index in [0.717, 1.165) is 19.3 Å². The van der Waals surface area contributed by atoms with Crippen molar-refractivity contribution in [3.05, 3.63) is 35.9 Å². The smallest absolute Gasteiger partial charge is 0.0720 e. The molecule has 2 heteroatoms. The predicted octanol–water partition coefficient (Wildman–Crippen LogP) is 7.83. The first kappa shape index (κ1) is 25.2. The summed E-state index contributed by atoms with van der Waals surface area (Å²) in [6.07, 6.45) is 21.4. The molecule has 1 aromatic rings. The largest absolute Gasteiger partial charge is 0.396 e. The fourth-order valence-corrected chi connectivity index (χ4v) is 3.81. The molecule has 0 fully saturated rings. The summed E-state index contributed by atoms with van der Waals surface area (Å²) in [6.45, 7) is 3.24. The van der Waals surface area contributed by atoms with Crippen molar-refractivity contribution in [2.24, 2.45) is 0 Å². The van der Waals surface area contributed by atoms with Gasteiger partial charge in [-0.15, -0.1) is 0 Å². The van der Waals surface area contributed by atoms with Gasteiger partial charge >= 0.3 is 0 Å². The first-order valence-corrected chi connectivity index (χ1v) is 12.1. The van der Waals surface area contributed by atoms with Crippen molar-refractivity contribution in [3.8, 4) is 0 Å². The van der Waals surface area contributed by atoms with E-state index >= 15 is 0 Å². The van der Waals surface area contributed by atoms with Crippen LogP contribution in [0.15, 0.2) is 30.3 Å². The van der Waals surface area contributed by atoms with Gasteiger partial charge in [-0.05, 0) is 24.8 Å². The molecule has 1 rings (SSSR count). The molecule has 0 aromatic heterocycles. The molecule has 162 valence electrons. The molecule has 0 aliphatic rings. The van der Waals surface area contributed by atoms with Crippen LogP contribution < -0.4 is 0 Å². The molecule has 0 aliphatic heterocycles. The normalized spacial score (nSPS) is 12.4. The number of aliphatic hydroxyl groups excluding tert-OH is 1. The fraction of sp³-hybridized carbons (Fsp3) is 0.769. The highest BCUT2D eigenvalue weighted by Crippen LogP contribution is 2.17. The van der Waals surface area contributed by atoms with Gasteiger partial charge in [-0.2, -0.15) is 0 Å². The van der Waals surface area contributed by atoms with Gasteiger partial charge in [0.05, 0.1) is 12.7 Å². The summed E-state index contributed by atoms with van der Waals surface area (Å²) in [6, 6.07) is 10.4. The zero-order valence-corrected chi connectivity index (χ0v) is 18.5. The number of ether oxygens (including phenoxy) is 1. The van der Waals surface area contributed by atoms with Crippen LogP contribution in [0.2, 0.25) is 0 Å². The van der Waals surface area contributed by atoms with E-state index in [1.54, 1.807) is 0 Å². The minimum absolute atomic E-state index is 0.268.